The number of nitrogens with zero attached hydrogens (tertiary/aromatic N) is 1. The molecule has 20 heavy (non-hydrogen) atoms. The van der Waals surface area contributed by atoms with Gasteiger partial charge in [-0.05, 0) is 35.8 Å². The number of amides is 2. The Morgan fingerprint density at radius 2 is 2.05 bits per heavy atom. The molecular weight excluding hydrogens is 330 g/mol. The van der Waals surface area contributed by atoms with E-state index in [0.717, 1.165) is 0 Å². The summed E-state index contributed by atoms with van der Waals surface area (Å²) in [5.41, 5.74) is 4.19. The van der Waals surface area contributed by atoms with Crippen LogP contribution in [0.15, 0.2) is 22.7 Å². The Morgan fingerprint density at radius 3 is 2.55 bits per heavy atom. The number of nitrogens with one attached hydrogen (secondary N) is 1. The third-order valence-electron chi connectivity index (χ3n) is 2.47. The largest absolute Gasteiger partial charge is 0.370 e. The smallest absolute Gasteiger partial charge is 0.270 e. The first-order valence-corrected chi connectivity index (χ1v) is 6.46. The summed E-state index contributed by atoms with van der Waals surface area (Å²) in [6.45, 7) is 3.28. The number of nitrogens with two attached hydrogens (primary N) is 1. The van der Waals surface area contributed by atoms with Gasteiger partial charge in [0, 0.05) is 28.6 Å². The molecule has 1 rings (SSSR count). The van der Waals surface area contributed by atoms with Crippen LogP contribution < -0.4 is 11.1 Å². The fraction of sp³-hybridized carbons (Fsp3) is 0.333. The lowest BCUT2D eigenvalue weighted by molar-refractivity contribution is -0.384. The number of carbonyl (C=O) groups excluding carboxylic acids is 2. The van der Waals surface area contributed by atoms with Gasteiger partial charge in [-0.3, -0.25) is 19.7 Å². The van der Waals surface area contributed by atoms with Crippen LogP contribution in [0.2, 0.25) is 0 Å². The van der Waals surface area contributed by atoms with Gasteiger partial charge in [-0.1, -0.05) is 0 Å². The molecule has 0 unspecified atom stereocenters. The molecule has 0 heterocycles. The number of carbonyl (C=O) groups is 2. The lowest BCUT2D eigenvalue weighted by Crippen LogP contribution is -2.46. The van der Waals surface area contributed by atoms with Gasteiger partial charge in [0.25, 0.3) is 11.6 Å². The van der Waals surface area contributed by atoms with Gasteiger partial charge in [-0.15, -0.1) is 0 Å². The number of primary amides is 1. The average molecular weight is 344 g/mol. The first-order chi connectivity index (χ1) is 9.12. The molecule has 7 nitrogen and oxygen atoms in total. The van der Waals surface area contributed by atoms with E-state index in [1.807, 2.05) is 0 Å². The summed E-state index contributed by atoms with van der Waals surface area (Å²) in [6.07, 6.45) is -0.0364. The summed E-state index contributed by atoms with van der Waals surface area (Å²) in [5, 5.41) is 13.3. The Labute approximate surface area is 123 Å². The van der Waals surface area contributed by atoms with Crippen molar-refractivity contribution in [1.29, 1.82) is 0 Å². The highest BCUT2D eigenvalue weighted by Gasteiger charge is 2.25. The van der Waals surface area contributed by atoms with E-state index in [-0.39, 0.29) is 17.7 Å². The van der Waals surface area contributed by atoms with Crippen molar-refractivity contribution in [1.82, 2.24) is 5.32 Å². The highest BCUT2D eigenvalue weighted by atomic mass is 79.9. The molecule has 0 spiro atoms. The number of benzene rings is 1. The average Bonchev–Trinajstić information content (AvgIpc) is 2.26. The maximum Gasteiger partial charge on any atom is 0.270 e. The molecule has 0 saturated carbocycles. The van der Waals surface area contributed by atoms with Gasteiger partial charge in [0.2, 0.25) is 5.91 Å². The second-order valence-corrected chi connectivity index (χ2v) is 5.76. The van der Waals surface area contributed by atoms with Crippen molar-refractivity contribution in [3.05, 3.63) is 38.3 Å². The van der Waals surface area contributed by atoms with Crippen LogP contribution in [0.25, 0.3) is 0 Å². The molecule has 8 heteroatoms. The Bertz CT molecular complexity index is 572. The Morgan fingerprint density at radius 1 is 1.45 bits per heavy atom. The van der Waals surface area contributed by atoms with Crippen molar-refractivity contribution in [3.63, 3.8) is 0 Å². The predicted molar refractivity (Wildman–Crippen MR) is 76.2 cm³/mol. The maximum atomic E-state index is 12.1. The van der Waals surface area contributed by atoms with Crippen molar-refractivity contribution >= 4 is 33.4 Å². The van der Waals surface area contributed by atoms with E-state index < -0.39 is 22.3 Å². The Kier molecular flexibility index (Phi) is 4.83. The number of nitro groups is 1. The van der Waals surface area contributed by atoms with Crippen LogP contribution >= 0.6 is 15.9 Å². The van der Waals surface area contributed by atoms with Crippen molar-refractivity contribution in [2.24, 2.45) is 5.73 Å². The number of non-ortho nitro benzene ring substituents is 1. The van der Waals surface area contributed by atoms with Crippen LogP contribution in [0.4, 0.5) is 5.69 Å². The van der Waals surface area contributed by atoms with Crippen molar-refractivity contribution < 1.29 is 14.5 Å². The topological polar surface area (TPSA) is 115 Å². The molecule has 108 valence electrons. The summed E-state index contributed by atoms with van der Waals surface area (Å²) in [7, 11) is 0. The van der Waals surface area contributed by atoms with Gasteiger partial charge in [0.1, 0.15) is 0 Å². The zero-order chi connectivity index (χ0) is 15.5. The second-order valence-electron chi connectivity index (χ2n) is 4.90. The molecule has 0 fully saturated rings. The number of halogens is 1. The molecular formula is C12H14BrN3O4. The number of hydrogen-bond donors (Lipinski definition) is 2. The van der Waals surface area contributed by atoms with E-state index >= 15 is 0 Å². The van der Waals surface area contributed by atoms with E-state index in [1.165, 1.54) is 18.2 Å². The number of nitro benzene ring substituents is 1. The summed E-state index contributed by atoms with van der Waals surface area (Å²) in [5.74, 6) is -1.07. The third kappa shape index (κ3) is 4.30. The lowest BCUT2D eigenvalue weighted by Gasteiger charge is -2.24. The van der Waals surface area contributed by atoms with E-state index in [9.17, 15) is 19.7 Å². The fourth-order valence-corrected chi connectivity index (χ4v) is 2.08. The quantitative estimate of drug-likeness (QED) is 0.625. The molecule has 0 aliphatic heterocycles. The second kappa shape index (κ2) is 6.00. The lowest BCUT2D eigenvalue weighted by atomic mass is 9.99. The van der Waals surface area contributed by atoms with Crippen LogP contribution in [0.5, 0.6) is 0 Å². The van der Waals surface area contributed by atoms with E-state index in [0.29, 0.717) is 4.47 Å². The standard InChI is InChI=1S/C12H14BrN3O4/c1-12(2,6-10(14)17)15-11(18)8-5-7(16(19)20)3-4-9(8)13/h3-5H,6H2,1-2H3,(H2,14,17)(H,15,18). The SMILES string of the molecule is CC(C)(CC(N)=O)NC(=O)c1cc([N+](=O)[O-])ccc1Br. The van der Waals surface area contributed by atoms with Gasteiger partial charge in [0.05, 0.1) is 10.5 Å². The van der Waals surface area contributed by atoms with Gasteiger partial charge in [-0.25, -0.2) is 0 Å². The van der Waals surface area contributed by atoms with Crippen LogP contribution in [0, 0.1) is 10.1 Å². The molecule has 1 aromatic rings. The molecule has 2 amide bonds. The molecule has 0 radical (unpaired) electrons. The molecule has 0 aliphatic rings. The number of rotatable bonds is 5. The van der Waals surface area contributed by atoms with Crippen LogP contribution in [-0.2, 0) is 4.79 Å². The number of hydrogen-bond acceptors (Lipinski definition) is 4. The predicted octanol–water partition coefficient (Wildman–Crippen LogP) is 1.74. The maximum absolute atomic E-state index is 12.1. The van der Waals surface area contributed by atoms with Crippen molar-refractivity contribution in [3.8, 4) is 0 Å². The fourth-order valence-electron chi connectivity index (χ4n) is 1.66. The zero-order valence-corrected chi connectivity index (χ0v) is 12.6. The summed E-state index contributed by atoms with van der Waals surface area (Å²) >= 11 is 3.16. The Hall–Kier alpha value is -1.96. The minimum absolute atomic E-state index is 0.0364. The summed E-state index contributed by atoms with van der Waals surface area (Å²) in [6, 6.07) is 3.88. The van der Waals surface area contributed by atoms with E-state index in [4.69, 9.17) is 5.73 Å². The van der Waals surface area contributed by atoms with Crippen molar-refractivity contribution in [2.45, 2.75) is 25.8 Å². The normalized spacial score (nSPS) is 10.9. The van der Waals surface area contributed by atoms with Gasteiger partial charge >= 0.3 is 0 Å². The molecule has 0 aromatic heterocycles. The van der Waals surface area contributed by atoms with Crippen LogP contribution in [0.1, 0.15) is 30.6 Å². The third-order valence-corrected chi connectivity index (χ3v) is 3.16. The van der Waals surface area contributed by atoms with Crippen LogP contribution in [0.3, 0.4) is 0 Å². The van der Waals surface area contributed by atoms with Crippen molar-refractivity contribution in [2.75, 3.05) is 0 Å². The van der Waals surface area contributed by atoms with Crippen LogP contribution in [-0.4, -0.2) is 22.3 Å². The summed E-state index contributed by atoms with van der Waals surface area (Å²) in [4.78, 5) is 33.2. The Balaban J connectivity index is 3.00. The molecule has 0 aliphatic carbocycles. The zero-order valence-electron chi connectivity index (χ0n) is 11.0. The first kappa shape index (κ1) is 16.1. The summed E-state index contributed by atoms with van der Waals surface area (Å²) < 4.78 is 0.426. The molecule has 1 aromatic carbocycles. The minimum Gasteiger partial charge on any atom is -0.370 e. The first-order valence-electron chi connectivity index (χ1n) is 5.67. The van der Waals surface area contributed by atoms with Gasteiger partial charge in [-0.2, -0.15) is 0 Å². The molecule has 0 atom stereocenters. The monoisotopic (exact) mass is 343 g/mol. The highest BCUT2D eigenvalue weighted by Crippen LogP contribution is 2.23. The van der Waals surface area contributed by atoms with Gasteiger partial charge in [0.15, 0.2) is 0 Å². The van der Waals surface area contributed by atoms with E-state index in [2.05, 4.69) is 21.2 Å². The van der Waals surface area contributed by atoms with E-state index in [1.54, 1.807) is 13.8 Å². The molecule has 0 saturated heterocycles. The molecule has 0 bridgehead atoms. The van der Waals surface area contributed by atoms with Gasteiger partial charge < -0.3 is 11.1 Å². The minimum atomic E-state index is -0.840. The highest BCUT2D eigenvalue weighted by molar-refractivity contribution is 9.10. The molecule has 3 N–H and O–H groups in total.